The summed E-state index contributed by atoms with van der Waals surface area (Å²) in [4.78, 5) is 52.4. The molecule has 1 atom stereocenters. The number of H-pyrrole nitrogens is 1. The van der Waals surface area contributed by atoms with Gasteiger partial charge < -0.3 is 20.1 Å². The van der Waals surface area contributed by atoms with Gasteiger partial charge in [-0.3, -0.25) is 24.5 Å². The summed E-state index contributed by atoms with van der Waals surface area (Å²) in [6.45, 7) is 1.65. The summed E-state index contributed by atoms with van der Waals surface area (Å²) in [6, 6.07) is 2.76. The molecular weight excluding hydrogens is 423 g/mol. The first-order valence-corrected chi connectivity index (χ1v) is 9.34. The van der Waals surface area contributed by atoms with Crippen LogP contribution in [0.25, 0.3) is 0 Å². The van der Waals surface area contributed by atoms with E-state index in [2.05, 4.69) is 20.0 Å². The number of esters is 1. The Hall–Kier alpha value is -3.48. The topological polar surface area (TPSA) is 165 Å². The third kappa shape index (κ3) is 5.53. The summed E-state index contributed by atoms with van der Waals surface area (Å²) in [6.07, 6.45) is -0.204. The fraction of sp³-hybridized carbons (Fsp3) is 0.294. The lowest BCUT2D eigenvalue weighted by atomic mass is 10.2. The number of hydrogen-bond donors (Lipinski definition) is 3. The minimum Gasteiger partial charge on any atom is -0.493 e. The van der Waals surface area contributed by atoms with Gasteiger partial charge in [0, 0.05) is 11.8 Å². The number of carbonyl (C=O) groups is 2. The Balaban J connectivity index is 2.29. The van der Waals surface area contributed by atoms with E-state index < -0.39 is 51.4 Å². The third-order valence-electron chi connectivity index (χ3n) is 3.86. The number of thioether (sulfide) groups is 1. The molecule has 0 aliphatic rings. The summed E-state index contributed by atoms with van der Waals surface area (Å²) in [5.74, 6) is -3.11. The molecule has 0 bridgehead atoms. The van der Waals surface area contributed by atoms with Crippen molar-refractivity contribution in [3.8, 4) is 5.88 Å². The van der Waals surface area contributed by atoms with Gasteiger partial charge in [0.15, 0.2) is 5.16 Å². The number of benzene rings is 1. The molecule has 11 nitrogen and oxygen atoms in total. The van der Waals surface area contributed by atoms with E-state index in [1.165, 1.54) is 0 Å². The van der Waals surface area contributed by atoms with Crippen LogP contribution in [0.2, 0.25) is 0 Å². The number of ether oxygens (including phenoxy) is 1. The van der Waals surface area contributed by atoms with Crippen LogP contribution in [0.1, 0.15) is 18.9 Å². The maximum atomic E-state index is 13.5. The first-order valence-electron chi connectivity index (χ1n) is 8.46. The molecule has 1 aromatic heterocycles. The molecular formula is C17H17FN4O7S. The zero-order valence-electron chi connectivity index (χ0n) is 15.8. The molecule has 3 N–H and O–H groups in total. The van der Waals surface area contributed by atoms with Gasteiger partial charge in [-0.05, 0) is 18.6 Å². The van der Waals surface area contributed by atoms with Gasteiger partial charge in [0.1, 0.15) is 5.25 Å². The summed E-state index contributed by atoms with van der Waals surface area (Å²) < 4.78 is 18.0. The number of aromatic amines is 1. The highest BCUT2D eigenvalue weighted by molar-refractivity contribution is 8.00. The van der Waals surface area contributed by atoms with Crippen molar-refractivity contribution in [2.75, 3.05) is 12.4 Å². The molecule has 1 heterocycles. The number of methoxy groups -OCH3 is 1. The quantitative estimate of drug-likeness (QED) is 0.182. The second-order valence-corrected chi connectivity index (χ2v) is 7.02. The predicted octanol–water partition coefficient (Wildman–Crippen LogP) is 1.75. The molecule has 0 saturated carbocycles. The Labute approximate surface area is 172 Å². The lowest BCUT2D eigenvalue weighted by Gasteiger charge is -2.15. The Bertz CT molecular complexity index is 1040. The predicted molar refractivity (Wildman–Crippen MR) is 104 cm³/mol. The van der Waals surface area contributed by atoms with E-state index in [9.17, 15) is 34.0 Å². The maximum Gasteiger partial charge on any atom is 0.307 e. The summed E-state index contributed by atoms with van der Waals surface area (Å²) in [5, 5.41) is 21.8. The van der Waals surface area contributed by atoms with Crippen LogP contribution in [0.5, 0.6) is 5.88 Å². The van der Waals surface area contributed by atoms with Crippen LogP contribution in [0.3, 0.4) is 0 Å². The molecule has 13 heteroatoms. The second kappa shape index (κ2) is 9.82. The van der Waals surface area contributed by atoms with Crippen LogP contribution in [0, 0.1) is 15.9 Å². The largest absolute Gasteiger partial charge is 0.493 e. The number of nitrogens with one attached hydrogen (secondary N) is 2. The molecule has 0 aliphatic carbocycles. The molecule has 1 amide bonds. The van der Waals surface area contributed by atoms with Gasteiger partial charge >= 0.3 is 11.7 Å². The number of carbonyl (C=O) groups excluding carboxylic acids is 2. The molecule has 0 aliphatic heterocycles. The molecule has 160 valence electrons. The number of amides is 1. The smallest absolute Gasteiger partial charge is 0.307 e. The summed E-state index contributed by atoms with van der Waals surface area (Å²) in [5.41, 5.74) is -1.45. The Morgan fingerprint density at radius 2 is 2.17 bits per heavy atom. The van der Waals surface area contributed by atoms with Gasteiger partial charge in [-0.1, -0.05) is 18.7 Å². The van der Waals surface area contributed by atoms with Crippen LogP contribution < -0.4 is 10.9 Å². The third-order valence-corrected chi connectivity index (χ3v) is 4.94. The Morgan fingerprint density at radius 1 is 1.47 bits per heavy atom. The van der Waals surface area contributed by atoms with Crippen molar-refractivity contribution in [1.29, 1.82) is 0 Å². The highest BCUT2D eigenvalue weighted by Gasteiger charge is 2.26. The van der Waals surface area contributed by atoms with Crippen molar-refractivity contribution in [3.05, 3.63) is 50.0 Å². The molecule has 0 saturated heterocycles. The minimum absolute atomic E-state index is 0.0620. The van der Waals surface area contributed by atoms with E-state index in [1.54, 1.807) is 6.92 Å². The van der Waals surface area contributed by atoms with E-state index in [1.807, 2.05) is 0 Å². The molecule has 0 unspecified atom stereocenters. The van der Waals surface area contributed by atoms with Gasteiger partial charge in [-0.2, -0.15) is 9.37 Å². The van der Waals surface area contributed by atoms with E-state index in [-0.39, 0.29) is 22.8 Å². The normalized spacial score (nSPS) is 11.6. The van der Waals surface area contributed by atoms with E-state index in [4.69, 9.17) is 0 Å². The number of halogens is 1. The number of anilines is 1. The van der Waals surface area contributed by atoms with Crippen LogP contribution >= 0.6 is 11.8 Å². The highest BCUT2D eigenvalue weighted by Crippen LogP contribution is 2.27. The lowest BCUT2D eigenvalue weighted by molar-refractivity contribution is -0.387. The lowest BCUT2D eigenvalue weighted by Crippen LogP contribution is -2.29. The molecule has 0 radical (unpaired) electrons. The van der Waals surface area contributed by atoms with Gasteiger partial charge in [0.25, 0.3) is 5.56 Å². The standard InChI is InChI=1S/C17H17FN4O7S/c1-3-9-14(24)20-17(21-15(9)25)30-12(7-13(23)29-2)16(26)19-8-4-5-10(18)11(6-8)22(27)28/h4-6,12H,3,7H2,1-2H3,(H,19,26)(H2,20,21,24,25)/t12-/m0/s1. The summed E-state index contributed by atoms with van der Waals surface area (Å²) in [7, 11) is 1.12. The van der Waals surface area contributed by atoms with Crippen molar-refractivity contribution < 1.29 is 28.7 Å². The second-order valence-electron chi connectivity index (χ2n) is 5.83. The monoisotopic (exact) mass is 440 g/mol. The molecule has 30 heavy (non-hydrogen) atoms. The van der Waals surface area contributed by atoms with Crippen LogP contribution in [0.4, 0.5) is 15.8 Å². The van der Waals surface area contributed by atoms with Crippen molar-refractivity contribution in [1.82, 2.24) is 9.97 Å². The minimum atomic E-state index is -1.18. The molecule has 2 rings (SSSR count). The average Bonchev–Trinajstić information content (AvgIpc) is 2.68. The maximum absolute atomic E-state index is 13.5. The molecule has 1 aromatic carbocycles. The molecule has 0 fully saturated rings. The zero-order chi connectivity index (χ0) is 22.4. The summed E-state index contributed by atoms with van der Waals surface area (Å²) >= 11 is 0.673. The van der Waals surface area contributed by atoms with Crippen molar-refractivity contribution in [2.24, 2.45) is 0 Å². The molecule has 2 aromatic rings. The Kier molecular flexibility index (Phi) is 7.47. The van der Waals surface area contributed by atoms with Crippen molar-refractivity contribution >= 4 is 35.0 Å². The number of aromatic hydroxyl groups is 1. The van der Waals surface area contributed by atoms with Gasteiger partial charge in [0.05, 0.1) is 24.0 Å². The van der Waals surface area contributed by atoms with Gasteiger partial charge in [-0.15, -0.1) is 0 Å². The zero-order valence-corrected chi connectivity index (χ0v) is 16.6. The number of aromatic nitrogens is 2. The van der Waals surface area contributed by atoms with E-state index in [0.717, 1.165) is 25.3 Å². The Morgan fingerprint density at radius 3 is 2.73 bits per heavy atom. The number of nitro benzene ring substituents is 1. The number of rotatable bonds is 8. The average molecular weight is 440 g/mol. The highest BCUT2D eigenvalue weighted by atomic mass is 32.2. The van der Waals surface area contributed by atoms with Crippen LogP contribution in [0.15, 0.2) is 28.2 Å². The SMILES string of the molecule is CCc1c(O)nc(S[C@@H](CC(=O)OC)C(=O)Nc2ccc(F)c([N+](=O)[O-])c2)[nH]c1=O. The fourth-order valence-corrected chi connectivity index (χ4v) is 3.30. The first-order chi connectivity index (χ1) is 14.2. The number of nitro groups is 1. The van der Waals surface area contributed by atoms with Crippen molar-refractivity contribution in [3.63, 3.8) is 0 Å². The van der Waals surface area contributed by atoms with Crippen molar-refractivity contribution in [2.45, 2.75) is 30.2 Å². The molecule has 0 spiro atoms. The number of nitrogens with zero attached hydrogens (tertiary/aromatic N) is 2. The fourth-order valence-electron chi connectivity index (χ4n) is 2.35. The van der Waals surface area contributed by atoms with E-state index >= 15 is 0 Å². The van der Waals surface area contributed by atoms with Crippen LogP contribution in [-0.2, 0) is 20.7 Å². The number of hydrogen-bond acceptors (Lipinski definition) is 9. The first kappa shape index (κ1) is 22.8. The van der Waals surface area contributed by atoms with E-state index in [0.29, 0.717) is 11.8 Å². The van der Waals surface area contributed by atoms with Gasteiger partial charge in [0.2, 0.25) is 17.6 Å². The van der Waals surface area contributed by atoms with Crippen LogP contribution in [-0.4, -0.2) is 44.2 Å². The van der Waals surface area contributed by atoms with Gasteiger partial charge in [-0.25, -0.2) is 0 Å².